The third-order valence-electron chi connectivity index (χ3n) is 4.45. The Kier molecular flexibility index (Phi) is 6.63. The van der Waals surface area contributed by atoms with Gasteiger partial charge in [-0.25, -0.2) is 0 Å². The molecule has 0 unspecified atom stereocenters. The molecule has 0 atom stereocenters. The van der Waals surface area contributed by atoms with Gasteiger partial charge in [-0.05, 0) is 17.7 Å². The maximum atomic E-state index is 12.4. The SMILES string of the molecule is O=C(Nc1ccccc1Cl)C(=O)N1CCN(C/C=C/c2ccccc2)CC1. The number of benzene rings is 2. The second-order valence-electron chi connectivity index (χ2n) is 6.34. The van der Waals surface area contributed by atoms with Crippen LogP contribution in [-0.4, -0.2) is 54.3 Å². The fourth-order valence-electron chi connectivity index (χ4n) is 2.92. The molecule has 0 aliphatic carbocycles. The summed E-state index contributed by atoms with van der Waals surface area (Å²) in [5, 5.41) is 2.99. The van der Waals surface area contributed by atoms with E-state index in [1.807, 2.05) is 18.2 Å². The van der Waals surface area contributed by atoms with Crippen LogP contribution in [0.5, 0.6) is 0 Å². The molecule has 0 spiro atoms. The summed E-state index contributed by atoms with van der Waals surface area (Å²) in [5.74, 6) is -1.17. The average molecular weight is 384 g/mol. The summed E-state index contributed by atoms with van der Waals surface area (Å²) < 4.78 is 0. The van der Waals surface area contributed by atoms with E-state index < -0.39 is 11.8 Å². The summed E-state index contributed by atoms with van der Waals surface area (Å²) in [6.45, 7) is 3.37. The van der Waals surface area contributed by atoms with Crippen LogP contribution in [0.2, 0.25) is 5.02 Å². The number of para-hydroxylation sites is 1. The van der Waals surface area contributed by atoms with Crippen LogP contribution in [0.3, 0.4) is 0 Å². The number of anilines is 1. The van der Waals surface area contributed by atoms with E-state index >= 15 is 0 Å². The molecule has 2 amide bonds. The number of hydrogen-bond acceptors (Lipinski definition) is 3. The van der Waals surface area contributed by atoms with Crippen LogP contribution < -0.4 is 5.32 Å². The van der Waals surface area contributed by atoms with Gasteiger partial charge >= 0.3 is 11.8 Å². The normalized spacial score (nSPS) is 15.1. The van der Waals surface area contributed by atoms with Crippen LogP contribution >= 0.6 is 11.6 Å². The first-order chi connectivity index (χ1) is 13.1. The van der Waals surface area contributed by atoms with Crippen molar-refractivity contribution >= 4 is 35.2 Å². The second-order valence-corrected chi connectivity index (χ2v) is 6.75. The predicted molar refractivity (Wildman–Crippen MR) is 109 cm³/mol. The van der Waals surface area contributed by atoms with E-state index in [0.29, 0.717) is 23.8 Å². The summed E-state index contributed by atoms with van der Waals surface area (Å²) >= 11 is 6.02. The topological polar surface area (TPSA) is 52.7 Å². The lowest BCUT2D eigenvalue weighted by Gasteiger charge is -2.33. The van der Waals surface area contributed by atoms with Crippen LogP contribution in [0.25, 0.3) is 6.08 Å². The Morgan fingerprint density at radius 2 is 1.63 bits per heavy atom. The summed E-state index contributed by atoms with van der Waals surface area (Å²) in [4.78, 5) is 28.4. The molecule has 1 aliphatic heterocycles. The molecule has 0 bridgehead atoms. The molecule has 0 saturated carbocycles. The number of rotatable bonds is 4. The molecule has 0 radical (unpaired) electrons. The van der Waals surface area contributed by atoms with Crippen molar-refractivity contribution in [2.75, 3.05) is 38.0 Å². The molecule has 0 aromatic heterocycles. The van der Waals surface area contributed by atoms with Crippen molar-refractivity contribution in [3.63, 3.8) is 0 Å². The zero-order valence-electron chi connectivity index (χ0n) is 15.0. The molecule has 2 aromatic carbocycles. The minimum Gasteiger partial charge on any atom is -0.332 e. The summed E-state index contributed by atoms with van der Waals surface area (Å²) in [5.41, 5.74) is 1.62. The first kappa shape index (κ1) is 19.1. The highest BCUT2D eigenvalue weighted by Crippen LogP contribution is 2.20. The first-order valence-electron chi connectivity index (χ1n) is 8.92. The fraction of sp³-hybridized carbons (Fsp3) is 0.238. The lowest BCUT2D eigenvalue weighted by molar-refractivity contribution is -0.144. The zero-order valence-corrected chi connectivity index (χ0v) is 15.7. The Hall–Kier alpha value is -2.63. The smallest absolute Gasteiger partial charge is 0.313 e. The molecular weight excluding hydrogens is 362 g/mol. The second kappa shape index (κ2) is 9.35. The van der Waals surface area contributed by atoms with E-state index in [-0.39, 0.29) is 0 Å². The average Bonchev–Trinajstić information content (AvgIpc) is 2.70. The van der Waals surface area contributed by atoms with E-state index in [0.717, 1.165) is 19.6 Å². The zero-order chi connectivity index (χ0) is 19.1. The van der Waals surface area contributed by atoms with E-state index in [2.05, 4.69) is 34.5 Å². The van der Waals surface area contributed by atoms with E-state index in [4.69, 9.17) is 11.6 Å². The standard InChI is InChI=1S/C21H22ClN3O2/c22-18-10-4-5-11-19(18)23-20(26)21(27)25-15-13-24(14-16-25)12-6-9-17-7-2-1-3-8-17/h1-11H,12-16H2,(H,23,26)/b9-6+. The fourth-order valence-corrected chi connectivity index (χ4v) is 3.10. The highest BCUT2D eigenvalue weighted by Gasteiger charge is 2.26. The molecule has 2 aromatic rings. The van der Waals surface area contributed by atoms with Gasteiger partial charge in [0.05, 0.1) is 10.7 Å². The van der Waals surface area contributed by atoms with Crippen LogP contribution in [-0.2, 0) is 9.59 Å². The molecule has 1 fully saturated rings. The highest BCUT2D eigenvalue weighted by atomic mass is 35.5. The Labute approximate surface area is 164 Å². The quantitative estimate of drug-likeness (QED) is 0.825. The largest absolute Gasteiger partial charge is 0.332 e. The van der Waals surface area contributed by atoms with Crippen molar-refractivity contribution in [3.8, 4) is 0 Å². The maximum absolute atomic E-state index is 12.4. The third kappa shape index (κ3) is 5.42. The summed E-state index contributed by atoms with van der Waals surface area (Å²) in [6, 6.07) is 17.0. The molecule has 6 heteroatoms. The van der Waals surface area contributed by atoms with Crippen molar-refractivity contribution in [2.24, 2.45) is 0 Å². The maximum Gasteiger partial charge on any atom is 0.313 e. The molecule has 1 saturated heterocycles. The van der Waals surface area contributed by atoms with Crippen molar-refractivity contribution in [1.82, 2.24) is 9.80 Å². The van der Waals surface area contributed by atoms with Crippen molar-refractivity contribution in [3.05, 3.63) is 71.3 Å². The molecule has 1 N–H and O–H groups in total. The first-order valence-corrected chi connectivity index (χ1v) is 9.30. The number of nitrogens with one attached hydrogen (secondary N) is 1. The predicted octanol–water partition coefficient (Wildman–Crippen LogP) is 3.14. The monoisotopic (exact) mass is 383 g/mol. The Balaban J connectivity index is 1.45. The Bertz CT molecular complexity index is 815. The van der Waals surface area contributed by atoms with Crippen LogP contribution in [0.4, 0.5) is 5.69 Å². The highest BCUT2D eigenvalue weighted by molar-refractivity contribution is 6.41. The van der Waals surface area contributed by atoms with Gasteiger partial charge in [-0.2, -0.15) is 0 Å². The van der Waals surface area contributed by atoms with Gasteiger partial charge in [0, 0.05) is 32.7 Å². The van der Waals surface area contributed by atoms with Crippen molar-refractivity contribution < 1.29 is 9.59 Å². The molecule has 1 heterocycles. The Morgan fingerprint density at radius 3 is 2.33 bits per heavy atom. The number of amides is 2. The van der Waals surface area contributed by atoms with Gasteiger partial charge < -0.3 is 10.2 Å². The van der Waals surface area contributed by atoms with Crippen LogP contribution in [0.15, 0.2) is 60.7 Å². The molecular formula is C21H22ClN3O2. The van der Waals surface area contributed by atoms with Crippen molar-refractivity contribution in [1.29, 1.82) is 0 Å². The lowest BCUT2D eigenvalue weighted by Crippen LogP contribution is -2.51. The van der Waals surface area contributed by atoms with Gasteiger partial charge in [-0.15, -0.1) is 0 Å². The third-order valence-corrected chi connectivity index (χ3v) is 4.78. The number of nitrogens with zero attached hydrogens (tertiary/aromatic N) is 2. The summed E-state index contributed by atoms with van der Waals surface area (Å²) in [7, 11) is 0. The molecule has 27 heavy (non-hydrogen) atoms. The number of halogens is 1. The molecule has 5 nitrogen and oxygen atoms in total. The number of hydrogen-bond donors (Lipinski definition) is 1. The number of carbonyl (C=O) groups is 2. The molecule has 3 rings (SSSR count). The van der Waals surface area contributed by atoms with Gasteiger partial charge in [-0.1, -0.05) is 66.2 Å². The van der Waals surface area contributed by atoms with Gasteiger partial charge in [0.1, 0.15) is 0 Å². The van der Waals surface area contributed by atoms with Gasteiger partial charge in [0.25, 0.3) is 0 Å². The summed E-state index contributed by atoms with van der Waals surface area (Å²) in [6.07, 6.45) is 4.21. The lowest BCUT2D eigenvalue weighted by atomic mass is 10.2. The molecule has 140 valence electrons. The minimum absolute atomic E-state index is 0.411. The van der Waals surface area contributed by atoms with Gasteiger partial charge in [0.15, 0.2) is 0 Å². The van der Waals surface area contributed by atoms with E-state index in [1.165, 1.54) is 5.56 Å². The van der Waals surface area contributed by atoms with Crippen molar-refractivity contribution in [2.45, 2.75) is 0 Å². The minimum atomic E-state index is -0.652. The van der Waals surface area contributed by atoms with Gasteiger partial charge in [0.2, 0.25) is 0 Å². The number of carbonyl (C=O) groups excluding carboxylic acids is 2. The Morgan fingerprint density at radius 1 is 0.963 bits per heavy atom. The molecule has 1 aliphatic rings. The van der Waals surface area contributed by atoms with Crippen LogP contribution in [0.1, 0.15) is 5.56 Å². The van der Waals surface area contributed by atoms with E-state index in [1.54, 1.807) is 29.2 Å². The van der Waals surface area contributed by atoms with E-state index in [9.17, 15) is 9.59 Å². The number of piperazine rings is 1. The van der Waals surface area contributed by atoms with Gasteiger partial charge in [-0.3, -0.25) is 14.5 Å². The van der Waals surface area contributed by atoms with Crippen LogP contribution in [0, 0.1) is 0 Å².